The number of halogens is 2. The third-order valence-corrected chi connectivity index (χ3v) is 5.07. The lowest BCUT2D eigenvalue weighted by atomic mass is 10.1. The maximum Gasteiger partial charge on any atom is 0.231 e. The molecule has 2 heterocycles. The van der Waals surface area contributed by atoms with E-state index in [4.69, 9.17) is 21.9 Å². The number of carbonyl (C=O) groups excluding carboxylic acids is 1. The standard InChI is InChI=1S/C20H28ClN7O2.HI/c1-2-23-20(25-16-8-11-28(12-9-16)13-17(22)29)24-10-7-18-26-19(27-30-18)14-3-5-15(21)6-4-14;/h3-6,16H,2,7-13H2,1H3,(H2,22,29)(H2,23,24,25);1H. The quantitative estimate of drug-likeness (QED) is 0.256. The van der Waals surface area contributed by atoms with Gasteiger partial charge in [-0.15, -0.1) is 24.0 Å². The summed E-state index contributed by atoms with van der Waals surface area (Å²) < 4.78 is 5.34. The van der Waals surface area contributed by atoms with Gasteiger partial charge in [0, 0.05) is 42.7 Å². The van der Waals surface area contributed by atoms with E-state index in [0.717, 1.165) is 44.0 Å². The summed E-state index contributed by atoms with van der Waals surface area (Å²) in [6.07, 6.45) is 2.42. The second-order valence-electron chi connectivity index (χ2n) is 7.19. The lowest BCUT2D eigenvalue weighted by Gasteiger charge is -2.32. The van der Waals surface area contributed by atoms with Gasteiger partial charge in [0.05, 0.1) is 13.1 Å². The van der Waals surface area contributed by atoms with Crippen LogP contribution in [0.2, 0.25) is 5.02 Å². The topological polar surface area (TPSA) is 122 Å². The fraction of sp³-hybridized carbons (Fsp3) is 0.500. The number of hydrogen-bond acceptors (Lipinski definition) is 6. The van der Waals surface area contributed by atoms with Crippen LogP contribution in [0.3, 0.4) is 0 Å². The highest BCUT2D eigenvalue weighted by atomic mass is 127. The SMILES string of the molecule is CCNC(=NCCc1nc(-c2ccc(Cl)cc2)no1)NC1CCN(CC(N)=O)CC1.I. The average molecular weight is 562 g/mol. The van der Waals surface area contributed by atoms with Crippen molar-refractivity contribution in [3.05, 3.63) is 35.2 Å². The van der Waals surface area contributed by atoms with Crippen molar-refractivity contribution < 1.29 is 9.32 Å². The first-order valence-electron chi connectivity index (χ1n) is 10.2. The van der Waals surface area contributed by atoms with Gasteiger partial charge in [-0.1, -0.05) is 16.8 Å². The van der Waals surface area contributed by atoms with Crippen LogP contribution in [-0.4, -0.2) is 65.7 Å². The number of hydrogen-bond donors (Lipinski definition) is 3. The predicted octanol–water partition coefficient (Wildman–Crippen LogP) is 2.06. The van der Waals surface area contributed by atoms with Gasteiger partial charge in [0.1, 0.15) is 0 Å². The summed E-state index contributed by atoms with van der Waals surface area (Å²) in [5.74, 6) is 1.57. The molecule has 2 aromatic rings. The van der Waals surface area contributed by atoms with E-state index >= 15 is 0 Å². The highest BCUT2D eigenvalue weighted by Crippen LogP contribution is 2.18. The summed E-state index contributed by atoms with van der Waals surface area (Å²) in [4.78, 5) is 22.2. The zero-order chi connectivity index (χ0) is 21.3. The molecule has 0 aliphatic carbocycles. The molecular weight excluding hydrogens is 533 g/mol. The number of nitrogens with two attached hydrogens (primary N) is 1. The molecule has 1 aromatic heterocycles. The summed E-state index contributed by atoms with van der Waals surface area (Å²) >= 11 is 5.91. The monoisotopic (exact) mass is 561 g/mol. The van der Waals surface area contributed by atoms with E-state index in [2.05, 4.69) is 30.7 Å². The van der Waals surface area contributed by atoms with Crippen LogP contribution in [0.5, 0.6) is 0 Å². The second kappa shape index (κ2) is 12.8. The van der Waals surface area contributed by atoms with Gasteiger partial charge < -0.3 is 20.9 Å². The van der Waals surface area contributed by atoms with Crippen molar-refractivity contribution in [2.75, 3.05) is 32.7 Å². The molecule has 0 saturated carbocycles. The van der Waals surface area contributed by atoms with Gasteiger partial charge in [-0.25, -0.2) is 0 Å². The van der Waals surface area contributed by atoms with Gasteiger partial charge in [-0.3, -0.25) is 14.7 Å². The molecule has 1 amide bonds. The van der Waals surface area contributed by atoms with E-state index in [1.807, 2.05) is 19.1 Å². The van der Waals surface area contributed by atoms with Crippen LogP contribution in [0.4, 0.5) is 0 Å². The van der Waals surface area contributed by atoms with E-state index in [1.165, 1.54) is 0 Å². The van der Waals surface area contributed by atoms with Crippen molar-refractivity contribution in [3.8, 4) is 11.4 Å². The number of amides is 1. The van der Waals surface area contributed by atoms with Gasteiger partial charge in [-0.05, 0) is 44.0 Å². The van der Waals surface area contributed by atoms with Gasteiger partial charge in [0.2, 0.25) is 17.6 Å². The largest absolute Gasteiger partial charge is 0.369 e. The molecule has 3 rings (SSSR count). The van der Waals surface area contributed by atoms with Crippen LogP contribution in [-0.2, 0) is 11.2 Å². The minimum Gasteiger partial charge on any atom is -0.369 e. The molecule has 0 atom stereocenters. The van der Waals surface area contributed by atoms with Crippen LogP contribution in [0, 0.1) is 0 Å². The minimum atomic E-state index is -0.281. The van der Waals surface area contributed by atoms with Crippen molar-refractivity contribution >= 4 is 47.4 Å². The first kappa shape index (κ1) is 25.3. The van der Waals surface area contributed by atoms with Crippen molar-refractivity contribution in [2.45, 2.75) is 32.2 Å². The van der Waals surface area contributed by atoms with Crippen molar-refractivity contribution in [3.63, 3.8) is 0 Å². The Labute approximate surface area is 204 Å². The number of rotatable bonds is 8. The van der Waals surface area contributed by atoms with E-state index in [0.29, 0.717) is 42.3 Å². The summed E-state index contributed by atoms with van der Waals surface area (Å²) in [6, 6.07) is 7.62. The Morgan fingerprint density at radius 3 is 2.68 bits per heavy atom. The smallest absolute Gasteiger partial charge is 0.231 e. The molecule has 4 N–H and O–H groups in total. The van der Waals surface area contributed by atoms with E-state index in [-0.39, 0.29) is 29.9 Å². The Bertz CT molecular complexity index is 851. The van der Waals surface area contributed by atoms with Crippen LogP contribution in [0.15, 0.2) is 33.8 Å². The molecule has 0 spiro atoms. The number of nitrogens with one attached hydrogen (secondary N) is 2. The number of piperidine rings is 1. The second-order valence-corrected chi connectivity index (χ2v) is 7.63. The molecule has 11 heteroatoms. The fourth-order valence-corrected chi connectivity index (χ4v) is 3.43. The molecule has 170 valence electrons. The number of aromatic nitrogens is 2. The first-order chi connectivity index (χ1) is 14.5. The number of nitrogens with zero attached hydrogens (tertiary/aromatic N) is 4. The molecule has 0 unspecified atom stereocenters. The Balaban J connectivity index is 0.00000341. The summed E-state index contributed by atoms with van der Waals surface area (Å²) in [5.41, 5.74) is 6.13. The van der Waals surface area contributed by atoms with Gasteiger partial charge in [0.15, 0.2) is 5.96 Å². The molecule has 1 aliphatic rings. The Morgan fingerprint density at radius 1 is 1.32 bits per heavy atom. The minimum absolute atomic E-state index is 0. The maximum atomic E-state index is 11.1. The third-order valence-electron chi connectivity index (χ3n) is 4.82. The molecule has 0 bridgehead atoms. The number of likely N-dealkylation sites (tertiary alicyclic amines) is 1. The van der Waals surface area contributed by atoms with Crippen LogP contribution in [0.1, 0.15) is 25.7 Å². The summed E-state index contributed by atoms with van der Waals surface area (Å²) in [5, 5.41) is 11.4. The molecule has 1 aromatic carbocycles. The van der Waals surface area contributed by atoms with Crippen LogP contribution >= 0.6 is 35.6 Å². The van der Waals surface area contributed by atoms with Gasteiger partial charge in [-0.2, -0.15) is 4.98 Å². The molecule has 1 saturated heterocycles. The molecule has 9 nitrogen and oxygen atoms in total. The normalized spacial score (nSPS) is 15.4. The lowest BCUT2D eigenvalue weighted by molar-refractivity contribution is -0.119. The fourth-order valence-electron chi connectivity index (χ4n) is 3.31. The predicted molar refractivity (Wildman–Crippen MR) is 132 cm³/mol. The van der Waals surface area contributed by atoms with E-state index < -0.39 is 0 Å². The first-order valence-corrected chi connectivity index (χ1v) is 10.6. The highest BCUT2D eigenvalue weighted by molar-refractivity contribution is 14.0. The Kier molecular flexibility index (Phi) is 10.5. The zero-order valence-corrected chi connectivity index (χ0v) is 20.6. The number of benzene rings is 1. The van der Waals surface area contributed by atoms with Gasteiger partial charge in [0.25, 0.3) is 0 Å². The maximum absolute atomic E-state index is 11.1. The van der Waals surface area contributed by atoms with Crippen LogP contribution in [0.25, 0.3) is 11.4 Å². The average Bonchev–Trinajstić information content (AvgIpc) is 3.18. The molecular formula is C20H29ClIN7O2. The zero-order valence-electron chi connectivity index (χ0n) is 17.5. The highest BCUT2D eigenvalue weighted by Gasteiger charge is 2.20. The van der Waals surface area contributed by atoms with Crippen LogP contribution < -0.4 is 16.4 Å². The molecule has 31 heavy (non-hydrogen) atoms. The molecule has 0 radical (unpaired) electrons. The Morgan fingerprint density at radius 2 is 2.03 bits per heavy atom. The lowest BCUT2D eigenvalue weighted by Crippen LogP contribution is -2.49. The van der Waals surface area contributed by atoms with E-state index in [1.54, 1.807) is 12.1 Å². The van der Waals surface area contributed by atoms with E-state index in [9.17, 15) is 4.79 Å². The Hall–Kier alpha value is -1.92. The molecule has 1 fully saturated rings. The summed E-state index contributed by atoms with van der Waals surface area (Å²) in [7, 11) is 0. The van der Waals surface area contributed by atoms with Crippen molar-refractivity contribution in [2.24, 2.45) is 10.7 Å². The number of guanidine groups is 1. The van der Waals surface area contributed by atoms with Crippen molar-refractivity contribution in [1.29, 1.82) is 0 Å². The number of primary amides is 1. The number of aliphatic imine (C=N–C) groups is 1. The number of carbonyl (C=O) groups is 1. The summed E-state index contributed by atoms with van der Waals surface area (Å²) in [6.45, 7) is 5.34. The van der Waals surface area contributed by atoms with Gasteiger partial charge >= 0.3 is 0 Å². The molecule has 1 aliphatic heterocycles. The van der Waals surface area contributed by atoms with Crippen molar-refractivity contribution in [1.82, 2.24) is 25.7 Å². The third kappa shape index (κ3) is 8.26.